The molecule has 2 aromatic rings. The Morgan fingerprint density at radius 1 is 1.54 bits per heavy atom. The minimum Gasteiger partial charge on any atom is -0.296 e. The summed E-state index contributed by atoms with van der Waals surface area (Å²) in [5, 5.41) is 7.91. The number of carbonyl (C=O) groups is 1. The monoisotopic (exact) mass is 258 g/mol. The van der Waals surface area contributed by atoms with Gasteiger partial charge in [-0.25, -0.2) is 0 Å². The van der Waals surface area contributed by atoms with Gasteiger partial charge in [-0.1, -0.05) is 11.6 Å². The highest BCUT2D eigenvalue weighted by Crippen LogP contribution is 2.28. The van der Waals surface area contributed by atoms with E-state index in [0.717, 1.165) is 15.4 Å². The van der Waals surface area contributed by atoms with Crippen LogP contribution in [0.1, 0.15) is 10.5 Å². The van der Waals surface area contributed by atoms with E-state index in [-0.39, 0.29) is 0 Å². The highest BCUT2D eigenvalue weighted by atomic mass is 79.9. The summed E-state index contributed by atoms with van der Waals surface area (Å²) in [7, 11) is 0. The molecule has 1 heterocycles. The zero-order chi connectivity index (χ0) is 9.42. The zero-order valence-corrected chi connectivity index (χ0v) is 8.69. The summed E-state index contributed by atoms with van der Waals surface area (Å²) in [5.74, 6) is 0. The smallest absolute Gasteiger partial charge is 0.170 e. The summed E-state index contributed by atoms with van der Waals surface area (Å²) in [6.45, 7) is 0. The predicted octanol–water partition coefficient (Wildman–Crippen LogP) is 2.79. The minimum atomic E-state index is 0.396. The van der Waals surface area contributed by atoms with E-state index in [1.807, 2.05) is 0 Å². The van der Waals surface area contributed by atoms with Crippen molar-refractivity contribution in [3.05, 3.63) is 27.3 Å². The molecule has 1 N–H and O–H groups in total. The van der Waals surface area contributed by atoms with Crippen LogP contribution >= 0.6 is 27.5 Å². The molecule has 13 heavy (non-hydrogen) atoms. The van der Waals surface area contributed by atoms with Crippen molar-refractivity contribution in [3.8, 4) is 0 Å². The van der Waals surface area contributed by atoms with Gasteiger partial charge < -0.3 is 0 Å². The topological polar surface area (TPSA) is 45.8 Å². The maximum Gasteiger partial charge on any atom is 0.170 e. The average Bonchev–Trinajstić information content (AvgIpc) is 2.48. The van der Waals surface area contributed by atoms with E-state index >= 15 is 0 Å². The van der Waals surface area contributed by atoms with E-state index in [0.29, 0.717) is 17.0 Å². The molecule has 0 fully saturated rings. The van der Waals surface area contributed by atoms with E-state index in [1.54, 1.807) is 12.1 Å². The molecular weight excluding hydrogens is 255 g/mol. The van der Waals surface area contributed by atoms with Crippen molar-refractivity contribution in [2.75, 3.05) is 0 Å². The second-order valence-electron chi connectivity index (χ2n) is 2.54. The van der Waals surface area contributed by atoms with Crippen LogP contribution in [0.2, 0.25) is 5.02 Å². The molecule has 0 saturated carbocycles. The summed E-state index contributed by atoms with van der Waals surface area (Å²) in [6.07, 6.45) is 0.708. The third-order valence-corrected chi connectivity index (χ3v) is 2.94. The molecule has 1 aromatic heterocycles. The molecule has 2 rings (SSSR count). The van der Waals surface area contributed by atoms with Crippen molar-refractivity contribution in [2.45, 2.75) is 0 Å². The fourth-order valence-electron chi connectivity index (χ4n) is 1.12. The molecule has 3 nitrogen and oxygen atoms in total. The molecule has 1 aromatic carbocycles. The lowest BCUT2D eigenvalue weighted by Gasteiger charge is -1.94. The molecule has 0 spiro atoms. The van der Waals surface area contributed by atoms with Crippen LogP contribution in [0.3, 0.4) is 0 Å². The maximum absolute atomic E-state index is 10.5. The molecule has 0 atom stereocenters. The molecule has 0 aliphatic heterocycles. The van der Waals surface area contributed by atoms with Crippen molar-refractivity contribution < 1.29 is 4.79 Å². The van der Waals surface area contributed by atoms with Crippen LogP contribution in [0.5, 0.6) is 0 Å². The van der Waals surface area contributed by atoms with Gasteiger partial charge in [0, 0.05) is 9.86 Å². The Hall–Kier alpha value is -0.870. The first-order chi connectivity index (χ1) is 6.22. The maximum atomic E-state index is 10.5. The van der Waals surface area contributed by atoms with Crippen LogP contribution in [0, 0.1) is 0 Å². The van der Waals surface area contributed by atoms with Gasteiger partial charge in [-0.15, -0.1) is 0 Å². The number of hydrogen-bond donors (Lipinski definition) is 1. The summed E-state index contributed by atoms with van der Waals surface area (Å²) < 4.78 is 0.756. The van der Waals surface area contributed by atoms with Crippen LogP contribution in [0.4, 0.5) is 0 Å². The van der Waals surface area contributed by atoms with E-state index in [9.17, 15) is 4.79 Å². The van der Waals surface area contributed by atoms with Gasteiger partial charge in [0.1, 0.15) is 5.69 Å². The number of benzene rings is 1. The number of aldehydes is 1. The SMILES string of the molecule is O=Cc1n[nH]c2cc(Cl)c(Br)cc12. The number of aromatic amines is 1. The number of hydrogen-bond acceptors (Lipinski definition) is 2. The van der Waals surface area contributed by atoms with Gasteiger partial charge >= 0.3 is 0 Å². The highest BCUT2D eigenvalue weighted by molar-refractivity contribution is 9.10. The van der Waals surface area contributed by atoms with E-state index < -0.39 is 0 Å². The normalized spacial score (nSPS) is 10.6. The average molecular weight is 259 g/mol. The van der Waals surface area contributed by atoms with Gasteiger partial charge in [0.15, 0.2) is 6.29 Å². The molecule has 0 aliphatic carbocycles. The number of aromatic nitrogens is 2. The first kappa shape index (κ1) is 8.72. The van der Waals surface area contributed by atoms with Gasteiger partial charge in [-0.3, -0.25) is 9.89 Å². The van der Waals surface area contributed by atoms with Crippen molar-refractivity contribution in [1.82, 2.24) is 10.2 Å². The molecule has 5 heteroatoms. The van der Waals surface area contributed by atoms with Crippen LogP contribution in [-0.2, 0) is 0 Å². The fourth-order valence-corrected chi connectivity index (χ4v) is 1.63. The summed E-state index contributed by atoms with van der Waals surface area (Å²) >= 11 is 9.13. The van der Waals surface area contributed by atoms with Gasteiger partial charge in [-0.2, -0.15) is 5.10 Å². The minimum absolute atomic E-state index is 0.396. The van der Waals surface area contributed by atoms with Gasteiger partial charge in [-0.05, 0) is 28.1 Å². The van der Waals surface area contributed by atoms with Gasteiger partial charge in [0.05, 0.1) is 10.5 Å². The Balaban J connectivity index is 2.84. The molecule has 0 unspecified atom stereocenters. The van der Waals surface area contributed by atoms with Crippen LogP contribution in [0.15, 0.2) is 16.6 Å². The molecule has 66 valence electrons. The third-order valence-electron chi connectivity index (χ3n) is 1.74. The predicted molar refractivity (Wildman–Crippen MR) is 54.2 cm³/mol. The molecule has 0 radical (unpaired) electrons. The fraction of sp³-hybridized carbons (Fsp3) is 0. The summed E-state index contributed by atoms with van der Waals surface area (Å²) in [4.78, 5) is 10.5. The number of H-pyrrole nitrogens is 1. The number of nitrogens with one attached hydrogen (secondary N) is 1. The number of carbonyl (C=O) groups excluding carboxylic acids is 1. The Morgan fingerprint density at radius 2 is 2.31 bits per heavy atom. The third kappa shape index (κ3) is 1.36. The largest absolute Gasteiger partial charge is 0.296 e. The van der Waals surface area contributed by atoms with E-state index in [2.05, 4.69) is 26.1 Å². The lowest BCUT2D eigenvalue weighted by Crippen LogP contribution is -1.78. The van der Waals surface area contributed by atoms with E-state index in [4.69, 9.17) is 11.6 Å². The van der Waals surface area contributed by atoms with Crippen molar-refractivity contribution in [2.24, 2.45) is 0 Å². The Bertz CT molecular complexity index is 480. The van der Waals surface area contributed by atoms with Crippen LogP contribution < -0.4 is 0 Å². The first-order valence-electron chi connectivity index (χ1n) is 3.50. The summed E-state index contributed by atoms with van der Waals surface area (Å²) in [6, 6.07) is 3.49. The van der Waals surface area contributed by atoms with Crippen molar-refractivity contribution >= 4 is 44.7 Å². The van der Waals surface area contributed by atoms with Crippen molar-refractivity contribution in [3.63, 3.8) is 0 Å². The highest BCUT2D eigenvalue weighted by Gasteiger charge is 2.07. The molecule has 0 saturated heterocycles. The molecule has 0 bridgehead atoms. The van der Waals surface area contributed by atoms with Gasteiger partial charge in [0.2, 0.25) is 0 Å². The second-order valence-corrected chi connectivity index (χ2v) is 3.80. The number of nitrogens with zero attached hydrogens (tertiary/aromatic N) is 1. The van der Waals surface area contributed by atoms with E-state index in [1.165, 1.54) is 0 Å². The van der Waals surface area contributed by atoms with Crippen LogP contribution in [-0.4, -0.2) is 16.5 Å². The lowest BCUT2D eigenvalue weighted by atomic mass is 10.2. The lowest BCUT2D eigenvalue weighted by molar-refractivity contribution is 0.112. The first-order valence-corrected chi connectivity index (χ1v) is 4.68. The van der Waals surface area contributed by atoms with Crippen LogP contribution in [0.25, 0.3) is 10.9 Å². The second kappa shape index (κ2) is 3.12. The molecule has 0 aliphatic rings. The summed E-state index contributed by atoms with van der Waals surface area (Å²) in [5.41, 5.74) is 1.16. The molecular formula is C8H4BrClN2O. The number of rotatable bonds is 1. The standard InChI is InChI=1S/C8H4BrClN2O/c9-5-1-4-7(2-6(5)10)11-12-8(4)3-13/h1-3H,(H,11,12). The Kier molecular flexibility index (Phi) is 2.09. The van der Waals surface area contributed by atoms with Crippen molar-refractivity contribution in [1.29, 1.82) is 0 Å². The quantitative estimate of drug-likeness (QED) is 0.801. The Labute approximate surface area is 87.2 Å². The number of halogens is 2. The zero-order valence-electron chi connectivity index (χ0n) is 6.34. The Morgan fingerprint density at radius 3 is 3.00 bits per heavy atom. The number of fused-ring (bicyclic) bond motifs is 1. The van der Waals surface area contributed by atoms with Gasteiger partial charge in [0.25, 0.3) is 0 Å². The molecule has 0 amide bonds.